The number of benzene rings is 1. The van der Waals surface area contributed by atoms with Gasteiger partial charge in [-0.2, -0.15) is 0 Å². The van der Waals surface area contributed by atoms with Gasteiger partial charge in [-0.3, -0.25) is 4.98 Å². The van der Waals surface area contributed by atoms with Crippen molar-refractivity contribution < 1.29 is 4.39 Å². The third-order valence-corrected chi connectivity index (χ3v) is 3.75. The van der Waals surface area contributed by atoms with Gasteiger partial charge < -0.3 is 0 Å². The minimum atomic E-state index is -0.929. The minimum Gasteiger partial charge on any atom is -0.251 e. The van der Waals surface area contributed by atoms with Crippen molar-refractivity contribution in [3.8, 4) is 0 Å². The van der Waals surface area contributed by atoms with Crippen molar-refractivity contribution >= 4 is 27.2 Å². The highest BCUT2D eigenvalue weighted by Crippen LogP contribution is 2.42. The van der Waals surface area contributed by atoms with Crippen LogP contribution in [-0.4, -0.2) is 28.7 Å². The molecule has 1 heterocycles. The maximum absolute atomic E-state index is 13.1. The largest absolute Gasteiger partial charge is 0.251 e. The lowest BCUT2D eigenvalue weighted by Crippen LogP contribution is -1.97. The first-order valence-corrected chi connectivity index (χ1v) is 9.29. The predicted molar refractivity (Wildman–Crippen MR) is 85.9 cm³/mol. The molecular weight excluding hydrogens is 295 g/mol. The quantitative estimate of drug-likeness (QED) is 0.842. The zero-order valence-electron chi connectivity index (χ0n) is 11.6. The van der Waals surface area contributed by atoms with Gasteiger partial charge in [-0.1, -0.05) is 23.7 Å². The monoisotopic (exact) mass is 310 g/mol. The van der Waals surface area contributed by atoms with E-state index >= 15 is 0 Å². The van der Waals surface area contributed by atoms with Gasteiger partial charge in [0.05, 0.1) is 0 Å². The molecule has 0 saturated carbocycles. The SMILES string of the molecule is CS(C)(C)/C=C(\c1ccc(F)cc1)c1nccnc1Cl. The zero-order chi connectivity index (χ0) is 14.8. The summed E-state index contributed by atoms with van der Waals surface area (Å²) in [5.41, 5.74) is 2.41. The average molecular weight is 311 g/mol. The van der Waals surface area contributed by atoms with Gasteiger partial charge in [0, 0.05) is 18.0 Å². The Morgan fingerprint density at radius 1 is 1.10 bits per heavy atom. The third kappa shape index (κ3) is 3.81. The molecule has 0 atom stereocenters. The Labute approximate surface area is 125 Å². The summed E-state index contributed by atoms with van der Waals surface area (Å²) in [5.74, 6) is -0.263. The van der Waals surface area contributed by atoms with Crippen LogP contribution in [0.25, 0.3) is 5.57 Å². The smallest absolute Gasteiger partial charge is 0.155 e. The minimum absolute atomic E-state index is 0.263. The molecule has 5 heteroatoms. The molecule has 0 N–H and O–H groups in total. The van der Waals surface area contributed by atoms with E-state index < -0.39 is 10.0 Å². The second kappa shape index (κ2) is 5.94. The molecule has 0 unspecified atom stereocenters. The van der Waals surface area contributed by atoms with E-state index in [1.54, 1.807) is 24.5 Å². The Balaban J connectivity index is 2.60. The summed E-state index contributed by atoms with van der Waals surface area (Å²) in [6.45, 7) is 0. The van der Waals surface area contributed by atoms with Crippen molar-refractivity contribution in [1.82, 2.24) is 9.97 Å². The molecule has 0 aliphatic carbocycles. The summed E-state index contributed by atoms with van der Waals surface area (Å²) in [4.78, 5) is 8.39. The molecule has 0 aliphatic rings. The van der Waals surface area contributed by atoms with E-state index in [0.29, 0.717) is 10.8 Å². The molecule has 0 saturated heterocycles. The van der Waals surface area contributed by atoms with Gasteiger partial charge in [-0.15, -0.1) is 0 Å². The number of aromatic nitrogens is 2. The molecule has 0 aliphatic heterocycles. The van der Waals surface area contributed by atoms with E-state index in [-0.39, 0.29) is 5.82 Å². The van der Waals surface area contributed by atoms with Crippen molar-refractivity contribution in [2.45, 2.75) is 0 Å². The Kier molecular flexibility index (Phi) is 4.45. The fourth-order valence-corrected chi connectivity index (χ4v) is 2.91. The lowest BCUT2D eigenvalue weighted by Gasteiger charge is -2.22. The first kappa shape index (κ1) is 15.0. The summed E-state index contributed by atoms with van der Waals surface area (Å²) < 4.78 is 13.1. The molecular formula is C15H16ClFN2S. The predicted octanol–water partition coefficient (Wildman–Crippen LogP) is 4.35. The molecule has 106 valence electrons. The maximum atomic E-state index is 13.1. The second-order valence-corrected chi connectivity index (χ2v) is 9.62. The van der Waals surface area contributed by atoms with E-state index in [2.05, 4.69) is 34.1 Å². The van der Waals surface area contributed by atoms with Crippen molar-refractivity contribution in [3.63, 3.8) is 0 Å². The third-order valence-electron chi connectivity index (χ3n) is 2.54. The van der Waals surface area contributed by atoms with Crippen LogP contribution < -0.4 is 0 Å². The first-order chi connectivity index (χ1) is 9.37. The van der Waals surface area contributed by atoms with Crippen molar-refractivity contribution in [3.05, 3.63) is 64.3 Å². The van der Waals surface area contributed by atoms with Gasteiger partial charge in [0.15, 0.2) is 5.15 Å². The van der Waals surface area contributed by atoms with Gasteiger partial charge in [0.1, 0.15) is 11.5 Å². The Morgan fingerprint density at radius 3 is 2.25 bits per heavy atom. The maximum Gasteiger partial charge on any atom is 0.155 e. The Bertz CT molecular complexity index is 633. The van der Waals surface area contributed by atoms with Crippen LogP contribution in [0, 0.1) is 5.82 Å². The van der Waals surface area contributed by atoms with Gasteiger partial charge >= 0.3 is 0 Å². The van der Waals surface area contributed by atoms with Crippen molar-refractivity contribution in [1.29, 1.82) is 0 Å². The molecule has 0 radical (unpaired) electrons. The summed E-state index contributed by atoms with van der Waals surface area (Å²) in [6, 6.07) is 6.34. The molecule has 2 nitrogen and oxygen atoms in total. The second-order valence-electron chi connectivity index (χ2n) is 5.17. The van der Waals surface area contributed by atoms with Crippen LogP contribution in [-0.2, 0) is 0 Å². The van der Waals surface area contributed by atoms with Crippen LogP contribution in [0.3, 0.4) is 0 Å². The Morgan fingerprint density at radius 2 is 1.70 bits per heavy atom. The van der Waals surface area contributed by atoms with Crippen LogP contribution in [0.2, 0.25) is 5.15 Å². The molecule has 1 aromatic heterocycles. The summed E-state index contributed by atoms with van der Waals surface area (Å²) in [6.07, 6.45) is 9.66. The molecule has 0 spiro atoms. The molecule has 1 aromatic carbocycles. The average Bonchev–Trinajstić information content (AvgIpc) is 2.37. The number of rotatable bonds is 3. The van der Waals surface area contributed by atoms with Gasteiger partial charge in [0.2, 0.25) is 0 Å². The van der Waals surface area contributed by atoms with E-state index in [1.807, 2.05) is 0 Å². The van der Waals surface area contributed by atoms with Crippen molar-refractivity contribution in [2.75, 3.05) is 18.8 Å². The normalized spacial score (nSPS) is 13.3. The molecule has 0 amide bonds. The molecule has 0 fully saturated rings. The highest BCUT2D eigenvalue weighted by Gasteiger charge is 2.14. The summed E-state index contributed by atoms with van der Waals surface area (Å²) >= 11 is 6.15. The van der Waals surface area contributed by atoms with Crippen LogP contribution in [0.5, 0.6) is 0 Å². The number of nitrogens with zero attached hydrogens (tertiary/aromatic N) is 2. The molecule has 0 bridgehead atoms. The van der Waals surface area contributed by atoms with Crippen LogP contribution in [0.4, 0.5) is 4.39 Å². The number of hydrogen-bond donors (Lipinski definition) is 0. The van der Waals surface area contributed by atoms with E-state index in [0.717, 1.165) is 11.1 Å². The standard InChI is InChI=1S/C15H16ClFN2S/c1-20(2,3)10-13(11-4-6-12(17)7-5-11)14-15(16)19-9-8-18-14/h4-10H,1-3H3/b13-10+. The Hall–Kier alpha value is -1.39. The van der Waals surface area contributed by atoms with Gasteiger partial charge in [-0.05, 0) is 41.9 Å². The molecule has 2 aromatic rings. The van der Waals surface area contributed by atoms with E-state index in [1.165, 1.54) is 12.1 Å². The highest BCUT2D eigenvalue weighted by atomic mass is 35.5. The van der Waals surface area contributed by atoms with Crippen LogP contribution >= 0.6 is 21.6 Å². The number of hydrogen-bond acceptors (Lipinski definition) is 2. The fraction of sp³-hybridized carbons (Fsp3) is 0.200. The lowest BCUT2D eigenvalue weighted by molar-refractivity contribution is 0.627. The van der Waals surface area contributed by atoms with Gasteiger partial charge in [-0.25, -0.2) is 19.4 Å². The van der Waals surface area contributed by atoms with Crippen LogP contribution in [0.1, 0.15) is 11.3 Å². The van der Waals surface area contributed by atoms with Crippen molar-refractivity contribution in [2.24, 2.45) is 0 Å². The fourth-order valence-electron chi connectivity index (χ4n) is 1.75. The lowest BCUT2D eigenvalue weighted by atomic mass is 10.1. The topological polar surface area (TPSA) is 25.8 Å². The summed E-state index contributed by atoms with van der Waals surface area (Å²) in [5, 5.41) is 2.50. The van der Waals surface area contributed by atoms with E-state index in [9.17, 15) is 4.39 Å². The van der Waals surface area contributed by atoms with E-state index in [4.69, 9.17) is 11.6 Å². The molecule has 2 rings (SSSR count). The highest BCUT2D eigenvalue weighted by molar-refractivity contribution is 8.34. The van der Waals surface area contributed by atoms with Gasteiger partial charge in [0.25, 0.3) is 0 Å². The summed E-state index contributed by atoms with van der Waals surface area (Å²) in [7, 11) is -0.929. The van der Waals surface area contributed by atoms with Crippen LogP contribution in [0.15, 0.2) is 42.1 Å². The number of halogens is 2. The zero-order valence-corrected chi connectivity index (χ0v) is 13.2. The first-order valence-electron chi connectivity index (χ1n) is 6.00. The molecule has 20 heavy (non-hydrogen) atoms.